The highest BCUT2D eigenvalue weighted by Crippen LogP contribution is 2.24. The lowest BCUT2D eigenvalue weighted by Crippen LogP contribution is -2.45. The molecule has 1 unspecified atom stereocenters. The summed E-state index contributed by atoms with van der Waals surface area (Å²) in [4.78, 5) is 11.7. The average Bonchev–Trinajstić information content (AvgIpc) is 2.71. The Morgan fingerprint density at radius 3 is 1.94 bits per heavy atom. The number of benzene rings is 2. The molecule has 0 bridgehead atoms. The van der Waals surface area contributed by atoms with E-state index in [1.807, 2.05) is 60.7 Å². The number of alkyl carbamates (subject to hydrolysis) is 1. The summed E-state index contributed by atoms with van der Waals surface area (Å²) in [5.74, 6) is 0. The molecule has 0 fully saturated rings. The van der Waals surface area contributed by atoms with E-state index in [0.29, 0.717) is 0 Å². The maximum absolute atomic E-state index is 15.1. The second-order valence-corrected chi connectivity index (χ2v) is 9.01. The first-order valence-electron chi connectivity index (χ1n) is 10.7. The number of carbonyl (C=O) groups is 1. The van der Waals surface area contributed by atoms with Crippen molar-refractivity contribution in [2.24, 2.45) is 0 Å². The summed E-state index contributed by atoms with van der Waals surface area (Å²) < 4.78 is 26.0. The van der Waals surface area contributed by atoms with E-state index in [1.165, 1.54) is 0 Å². The Balaban J connectivity index is 1.88. The molecule has 0 aliphatic rings. The van der Waals surface area contributed by atoms with Crippen LogP contribution in [-0.4, -0.2) is 43.2 Å². The first-order valence-corrected chi connectivity index (χ1v) is 10.7. The zero-order chi connectivity index (χ0) is 22.9. The first-order chi connectivity index (χ1) is 14.6. The van der Waals surface area contributed by atoms with Gasteiger partial charge in [0.1, 0.15) is 11.8 Å². The van der Waals surface area contributed by atoms with Gasteiger partial charge in [0.15, 0.2) is 0 Å². The van der Waals surface area contributed by atoms with Crippen LogP contribution < -0.4 is 10.6 Å². The molecular weight excluding hydrogens is 395 g/mol. The second kappa shape index (κ2) is 11.3. The molecule has 0 spiro atoms. The van der Waals surface area contributed by atoms with Gasteiger partial charge in [-0.25, -0.2) is 9.18 Å². The van der Waals surface area contributed by atoms with Gasteiger partial charge in [-0.2, -0.15) is 0 Å². The molecule has 1 amide bonds. The van der Waals surface area contributed by atoms with Crippen molar-refractivity contribution in [2.75, 3.05) is 19.7 Å². The Kier molecular flexibility index (Phi) is 9.01. The third kappa shape index (κ3) is 8.67. The summed E-state index contributed by atoms with van der Waals surface area (Å²) in [6.07, 6.45) is -1.76. The van der Waals surface area contributed by atoms with E-state index in [0.717, 1.165) is 11.1 Å². The summed E-state index contributed by atoms with van der Waals surface area (Å²) in [7, 11) is 0. The third-order valence-electron chi connectivity index (χ3n) is 4.77. The number of hydrogen-bond donors (Lipinski definition) is 2. The van der Waals surface area contributed by atoms with Crippen molar-refractivity contribution in [1.29, 1.82) is 0 Å². The van der Waals surface area contributed by atoms with Crippen LogP contribution >= 0.6 is 0 Å². The predicted molar refractivity (Wildman–Crippen MR) is 122 cm³/mol. The number of amides is 1. The van der Waals surface area contributed by atoms with Gasteiger partial charge in [0.2, 0.25) is 0 Å². The fraction of sp³-hybridized carbons (Fsp3) is 0.480. The van der Waals surface area contributed by atoms with Crippen molar-refractivity contribution in [3.8, 4) is 0 Å². The van der Waals surface area contributed by atoms with Crippen LogP contribution in [0.1, 0.15) is 51.8 Å². The largest absolute Gasteiger partial charge is 0.444 e. The van der Waals surface area contributed by atoms with Crippen molar-refractivity contribution in [1.82, 2.24) is 10.6 Å². The molecule has 6 heteroatoms. The van der Waals surface area contributed by atoms with Gasteiger partial charge in [-0.1, -0.05) is 60.7 Å². The third-order valence-corrected chi connectivity index (χ3v) is 4.77. The van der Waals surface area contributed by atoms with E-state index in [2.05, 4.69) is 10.6 Å². The number of halogens is 1. The molecule has 0 heterocycles. The summed E-state index contributed by atoms with van der Waals surface area (Å²) in [6, 6.07) is 19.8. The van der Waals surface area contributed by atoms with Crippen LogP contribution in [0.2, 0.25) is 0 Å². The molecular formula is C25H35FN2O3. The molecule has 0 saturated carbocycles. The van der Waals surface area contributed by atoms with Crippen LogP contribution in [0.15, 0.2) is 60.7 Å². The van der Waals surface area contributed by atoms with Gasteiger partial charge >= 0.3 is 6.09 Å². The normalized spacial score (nSPS) is 13.1. The van der Waals surface area contributed by atoms with Gasteiger partial charge in [-0.3, -0.25) is 0 Å². The lowest BCUT2D eigenvalue weighted by molar-refractivity contribution is -0.0690. The monoisotopic (exact) mass is 430 g/mol. The van der Waals surface area contributed by atoms with E-state index in [4.69, 9.17) is 9.47 Å². The summed E-state index contributed by atoms with van der Waals surface area (Å²) >= 11 is 0. The SMILES string of the molecule is CC(C)(C)OC(=O)NCCOC(C)(C)C(F)CNC(c1ccccc1)c1ccccc1. The van der Waals surface area contributed by atoms with Crippen molar-refractivity contribution < 1.29 is 18.7 Å². The highest BCUT2D eigenvalue weighted by atomic mass is 19.1. The Hall–Kier alpha value is -2.44. The molecule has 0 radical (unpaired) electrons. The summed E-state index contributed by atoms with van der Waals surface area (Å²) in [5, 5.41) is 5.97. The molecule has 0 saturated heterocycles. The average molecular weight is 431 g/mol. The minimum absolute atomic E-state index is 0.120. The van der Waals surface area contributed by atoms with Crippen LogP contribution in [0.3, 0.4) is 0 Å². The molecule has 0 aliphatic carbocycles. The first kappa shape index (κ1) is 24.8. The second-order valence-electron chi connectivity index (χ2n) is 9.01. The van der Waals surface area contributed by atoms with Gasteiger partial charge in [0, 0.05) is 13.1 Å². The van der Waals surface area contributed by atoms with E-state index in [-0.39, 0.29) is 25.7 Å². The lowest BCUT2D eigenvalue weighted by atomic mass is 9.97. The van der Waals surface area contributed by atoms with Crippen LogP contribution in [0.5, 0.6) is 0 Å². The van der Waals surface area contributed by atoms with Gasteiger partial charge in [0.05, 0.1) is 18.2 Å². The lowest BCUT2D eigenvalue weighted by Gasteiger charge is -2.31. The minimum atomic E-state index is -1.25. The molecule has 2 aromatic carbocycles. The van der Waals surface area contributed by atoms with Gasteiger partial charge in [0.25, 0.3) is 0 Å². The maximum atomic E-state index is 15.1. The highest BCUT2D eigenvalue weighted by Gasteiger charge is 2.31. The van der Waals surface area contributed by atoms with E-state index in [1.54, 1.807) is 34.6 Å². The molecule has 31 heavy (non-hydrogen) atoms. The van der Waals surface area contributed by atoms with E-state index >= 15 is 4.39 Å². The number of alkyl halides is 1. The van der Waals surface area contributed by atoms with Gasteiger partial charge in [-0.05, 0) is 45.7 Å². The molecule has 0 aromatic heterocycles. The summed E-state index contributed by atoms with van der Waals surface area (Å²) in [6.45, 7) is 9.38. The Morgan fingerprint density at radius 1 is 0.935 bits per heavy atom. The Bertz CT molecular complexity index is 752. The predicted octanol–water partition coefficient (Wildman–Crippen LogP) is 5.02. The molecule has 2 rings (SSSR count). The van der Waals surface area contributed by atoms with Crippen molar-refractivity contribution in [3.05, 3.63) is 71.8 Å². The highest BCUT2D eigenvalue weighted by molar-refractivity contribution is 5.67. The fourth-order valence-electron chi connectivity index (χ4n) is 3.06. The number of nitrogens with one attached hydrogen (secondary N) is 2. The minimum Gasteiger partial charge on any atom is -0.444 e. The van der Waals surface area contributed by atoms with Crippen LogP contribution in [0.4, 0.5) is 9.18 Å². The van der Waals surface area contributed by atoms with Crippen LogP contribution in [0.25, 0.3) is 0 Å². The molecule has 1 atom stereocenters. The Morgan fingerprint density at radius 2 is 1.45 bits per heavy atom. The zero-order valence-electron chi connectivity index (χ0n) is 19.2. The number of hydrogen-bond acceptors (Lipinski definition) is 4. The molecule has 170 valence electrons. The molecule has 0 aliphatic heterocycles. The number of ether oxygens (including phenoxy) is 2. The van der Waals surface area contributed by atoms with E-state index in [9.17, 15) is 4.79 Å². The topological polar surface area (TPSA) is 59.6 Å². The van der Waals surface area contributed by atoms with E-state index < -0.39 is 23.5 Å². The summed E-state index contributed by atoms with van der Waals surface area (Å²) in [5.41, 5.74) is 0.566. The smallest absolute Gasteiger partial charge is 0.407 e. The van der Waals surface area contributed by atoms with Crippen LogP contribution in [0, 0.1) is 0 Å². The van der Waals surface area contributed by atoms with Crippen molar-refractivity contribution in [3.63, 3.8) is 0 Å². The number of rotatable bonds is 10. The van der Waals surface area contributed by atoms with Crippen molar-refractivity contribution in [2.45, 2.75) is 58.0 Å². The molecule has 5 nitrogen and oxygen atoms in total. The van der Waals surface area contributed by atoms with Crippen LogP contribution in [-0.2, 0) is 9.47 Å². The number of carbonyl (C=O) groups excluding carboxylic acids is 1. The molecule has 2 aromatic rings. The Labute approximate surface area is 185 Å². The molecule has 2 N–H and O–H groups in total. The zero-order valence-corrected chi connectivity index (χ0v) is 19.2. The maximum Gasteiger partial charge on any atom is 0.407 e. The van der Waals surface area contributed by atoms with Gasteiger partial charge < -0.3 is 20.1 Å². The standard InChI is InChI=1S/C25H35FN2O3/c1-24(2,3)31-23(29)27-16-17-30-25(4,5)21(26)18-28-22(19-12-8-6-9-13-19)20-14-10-7-11-15-20/h6-15,21-22,28H,16-18H2,1-5H3,(H,27,29). The van der Waals surface area contributed by atoms with Gasteiger partial charge in [-0.15, -0.1) is 0 Å². The fourth-order valence-corrected chi connectivity index (χ4v) is 3.06. The quantitative estimate of drug-likeness (QED) is 0.520. The van der Waals surface area contributed by atoms with Crippen molar-refractivity contribution >= 4 is 6.09 Å².